The van der Waals surface area contributed by atoms with Gasteiger partial charge in [0.05, 0.1) is 11.4 Å². The summed E-state index contributed by atoms with van der Waals surface area (Å²) < 4.78 is 0. The van der Waals surface area contributed by atoms with Gasteiger partial charge in [0.15, 0.2) is 5.15 Å². The molecule has 0 atom stereocenters. The minimum absolute atomic E-state index is 0.434. The molecule has 0 saturated carbocycles. The number of piperazine rings is 1. The molecule has 1 aliphatic rings. The smallest absolute Gasteiger partial charge is 0.225 e. The first kappa shape index (κ1) is 15.8. The summed E-state index contributed by atoms with van der Waals surface area (Å²) in [5.74, 6) is 0.770. The van der Waals surface area contributed by atoms with Crippen LogP contribution in [0.4, 0.5) is 11.6 Å². The summed E-state index contributed by atoms with van der Waals surface area (Å²) in [7, 11) is 0. The van der Waals surface area contributed by atoms with Crippen molar-refractivity contribution in [3.63, 3.8) is 0 Å². The summed E-state index contributed by atoms with van der Waals surface area (Å²) >= 11 is 6.32. The first-order valence-corrected chi connectivity index (χ1v) is 8.54. The molecule has 0 amide bonds. The Balaban J connectivity index is 1.53. The normalized spacial score (nSPS) is 14.6. The number of anilines is 2. The van der Waals surface area contributed by atoms with E-state index in [0.29, 0.717) is 5.15 Å². The fourth-order valence-corrected chi connectivity index (χ4v) is 3.15. The number of halogens is 1. The fourth-order valence-electron chi connectivity index (χ4n) is 2.94. The molecule has 0 radical (unpaired) electrons. The van der Waals surface area contributed by atoms with Crippen molar-refractivity contribution in [1.82, 2.24) is 20.2 Å². The molecule has 25 heavy (non-hydrogen) atoms. The summed E-state index contributed by atoms with van der Waals surface area (Å²) in [6, 6.07) is 13.8. The number of rotatable bonds is 3. The van der Waals surface area contributed by atoms with Crippen molar-refractivity contribution in [2.75, 3.05) is 36.0 Å². The number of aromatic nitrogens is 4. The molecule has 3 heterocycles. The maximum atomic E-state index is 6.32. The van der Waals surface area contributed by atoms with E-state index in [-0.39, 0.29) is 0 Å². The van der Waals surface area contributed by atoms with Gasteiger partial charge in [-0.3, -0.25) is 0 Å². The summed E-state index contributed by atoms with van der Waals surface area (Å²) in [4.78, 5) is 13.1. The predicted octanol–water partition coefficient (Wildman–Crippen LogP) is 2.91. The molecule has 0 N–H and O–H groups in total. The third kappa shape index (κ3) is 3.39. The van der Waals surface area contributed by atoms with Crippen molar-refractivity contribution < 1.29 is 0 Å². The molecule has 0 aliphatic carbocycles. The number of benzene rings is 1. The van der Waals surface area contributed by atoms with Crippen LogP contribution in [0.2, 0.25) is 5.15 Å². The molecule has 1 saturated heterocycles. The molecule has 4 rings (SSSR count). The van der Waals surface area contributed by atoms with Crippen molar-refractivity contribution in [3.8, 4) is 11.3 Å². The van der Waals surface area contributed by atoms with Crippen LogP contribution in [0.5, 0.6) is 0 Å². The Labute approximate surface area is 151 Å². The molecular formula is C18H17ClN6. The third-order valence-corrected chi connectivity index (χ3v) is 4.52. The van der Waals surface area contributed by atoms with Crippen LogP contribution in [0.25, 0.3) is 11.3 Å². The molecular weight excluding hydrogens is 336 g/mol. The molecule has 126 valence electrons. The molecule has 6 nitrogen and oxygen atoms in total. The van der Waals surface area contributed by atoms with Crippen molar-refractivity contribution in [2.45, 2.75) is 0 Å². The van der Waals surface area contributed by atoms with Gasteiger partial charge < -0.3 is 9.80 Å². The van der Waals surface area contributed by atoms with Gasteiger partial charge in [-0.25, -0.2) is 9.97 Å². The van der Waals surface area contributed by atoms with Gasteiger partial charge in [-0.2, -0.15) is 0 Å². The Kier molecular flexibility index (Phi) is 4.43. The summed E-state index contributed by atoms with van der Waals surface area (Å²) in [6.07, 6.45) is 3.54. The van der Waals surface area contributed by atoms with Gasteiger partial charge in [0, 0.05) is 44.1 Å². The standard InChI is InChI=1S/C18H17ClN6/c19-17-16(13-15(22-23-17)14-5-2-1-3-6-14)24-9-11-25(12-10-24)18-20-7-4-8-21-18/h1-8,13H,9-12H2. The second-order valence-electron chi connectivity index (χ2n) is 5.79. The van der Waals surface area contributed by atoms with Gasteiger partial charge in [0.1, 0.15) is 0 Å². The van der Waals surface area contributed by atoms with E-state index >= 15 is 0 Å². The SMILES string of the molecule is Clc1nnc(-c2ccccc2)cc1N1CCN(c2ncccn2)CC1. The number of hydrogen-bond acceptors (Lipinski definition) is 6. The Bertz CT molecular complexity index is 835. The van der Waals surface area contributed by atoms with Gasteiger partial charge >= 0.3 is 0 Å². The van der Waals surface area contributed by atoms with Crippen molar-refractivity contribution >= 4 is 23.2 Å². The van der Waals surface area contributed by atoms with Crippen LogP contribution < -0.4 is 9.80 Å². The highest BCUT2D eigenvalue weighted by Gasteiger charge is 2.21. The highest BCUT2D eigenvalue weighted by molar-refractivity contribution is 6.32. The number of hydrogen-bond donors (Lipinski definition) is 0. The van der Waals surface area contributed by atoms with Gasteiger partial charge in [-0.15, -0.1) is 10.2 Å². The molecule has 1 fully saturated rings. The van der Waals surface area contributed by atoms with Crippen LogP contribution in [0, 0.1) is 0 Å². The molecule has 1 aromatic carbocycles. The largest absolute Gasteiger partial charge is 0.365 e. The van der Waals surface area contributed by atoms with Gasteiger partial charge in [-0.1, -0.05) is 41.9 Å². The maximum absolute atomic E-state index is 6.32. The monoisotopic (exact) mass is 352 g/mol. The van der Waals surface area contributed by atoms with E-state index in [1.807, 2.05) is 42.5 Å². The minimum Gasteiger partial charge on any atom is -0.365 e. The lowest BCUT2D eigenvalue weighted by atomic mass is 10.1. The van der Waals surface area contributed by atoms with Gasteiger partial charge in [0.25, 0.3) is 0 Å². The Morgan fingerprint density at radius 1 is 0.800 bits per heavy atom. The van der Waals surface area contributed by atoms with Gasteiger partial charge in [0.2, 0.25) is 5.95 Å². The second-order valence-corrected chi connectivity index (χ2v) is 6.15. The van der Waals surface area contributed by atoms with E-state index in [1.54, 1.807) is 12.4 Å². The molecule has 3 aromatic rings. The lowest BCUT2D eigenvalue weighted by Gasteiger charge is -2.36. The highest BCUT2D eigenvalue weighted by Crippen LogP contribution is 2.28. The van der Waals surface area contributed by atoms with Crippen LogP contribution in [-0.2, 0) is 0 Å². The van der Waals surface area contributed by atoms with Crippen LogP contribution >= 0.6 is 11.6 Å². The highest BCUT2D eigenvalue weighted by atomic mass is 35.5. The molecule has 0 spiro atoms. The van der Waals surface area contributed by atoms with E-state index in [4.69, 9.17) is 11.6 Å². The van der Waals surface area contributed by atoms with Crippen LogP contribution in [0.1, 0.15) is 0 Å². The quantitative estimate of drug-likeness (QED) is 0.722. The summed E-state index contributed by atoms with van der Waals surface area (Å²) in [5.41, 5.74) is 2.78. The van der Waals surface area contributed by atoms with Crippen LogP contribution in [0.15, 0.2) is 54.9 Å². The molecule has 0 bridgehead atoms. The molecule has 7 heteroatoms. The van der Waals surface area contributed by atoms with Crippen molar-refractivity contribution in [2.24, 2.45) is 0 Å². The van der Waals surface area contributed by atoms with Crippen molar-refractivity contribution in [3.05, 3.63) is 60.0 Å². The van der Waals surface area contributed by atoms with E-state index < -0.39 is 0 Å². The first-order chi connectivity index (χ1) is 12.3. The lowest BCUT2D eigenvalue weighted by molar-refractivity contribution is 0.638. The Morgan fingerprint density at radius 2 is 1.48 bits per heavy atom. The number of nitrogens with zero attached hydrogens (tertiary/aromatic N) is 6. The lowest BCUT2D eigenvalue weighted by Crippen LogP contribution is -2.47. The predicted molar refractivity (Wildman–Crippen MR) is 98.9 cm³/mol. The van der Waals surface area contributed by atoms with Crippen LogP contribution in [0.3, 0.4) is 0 Å². The minimum atomic E-state index is 0.434. The van der Waals surface area contributed by atoms with E-state index in [9.17, 15) is 0 Å². The van der Waals surface area contributed by atoms with Crippen molar-refractivity contribution in [1.29, 1.82) is 0 Å². The van der Waals surface area contributed by atoms with Crippen LogP contribution in [-0.4, -0.2) is 46.3 Å². The zero-order valence-corrected chi connectivity index (χ0v) is 14.3. The van der Waals surface area contributed by atoms with E-state index in [0.717, 1.165) is 49.1 Å². The molecule has 2 aromatic heterocycles. The summed E-state index contributed by atoms with van der Waals surface area (Å²) in [6.45, 7) is 3.34. The average molecular weight is 353 g/mol. The molecule has 1 aliphatic heterocycles. The fraction of sp³-hybridized carbons (Fsp3) is 0.222. The summed E-state index contributed by atoms with van der Waals surface area (Å²) in [5, 5.41) is 8.81. The average Bonchev–Trinajstić information content (AvgIpc) is 2.70. The van der Waals surface area contributed by atoms with E-state index in [1.165, 1.54) is 0 Å². The zero-order chi connectivity index (χ0) is 17.1. The maximum Gasteiger partial charge on any atom is 0.225 e. The first-order valence-electron chi connectivity index (χ1n) is 8.17. The Hall–Kier alpha value is -2.73. The second kappa shape index (κ2) is 7.03. The van der Waals surface area contributed by atoms with E-state index in [2.05, 4.69) is 30.0 Å². The molecule has 0 unspecified atom stereocenters. The zero-order valence-electron chi connectivity index (χ0n) is 13.6. The third-order valence-electron chi connectivity index (χ3n) is 4.26. The van der Waals surface area contributed by atoms with Gasteiger partial charge in [-0.05, 0) is 12.1 Å². The Morgan fingerprint density at radius 3 is 2.20 bits per heavy atom. The topological polar surface area (TPSA) is 58.0 Å².